The first-order valence-corrected chi connectivity index (χ1v) is 9.65. The Bertz CT molecular complexity index is 579. The smallest absolute Gasteiger partial charge is 0.313 e. The van der Waals surface area contributed by atoms with Crippen LogP contribution in [-0.4, -0.2) is 45.4 Å². The lowest BCUT2D eigenvalue weighted by Gasteiger charge is -2.29. The summed E-state index contributed by atoms with van der Waals surface area (Å²) in [4.78, 5) is 23.8. The van der Waals surface area contributed by atoms with Crippen LogP contribution in [0.15, 0.2) is 24.3 Å². The van der Waals surface area contributed by atoms with E-state index in [-0.39, 0.29) is 17.8 Å². The van der Waals surface area contributed by atoms with E-state index in [1.807, 2.05) is 38.1 Å². The Morgan fingerprint density at radius 1 is 1.26 bits per heavy atom. The Morgan fingerprint density at radius 2 is 1.93 bits per heavy atom. The Kier molecular flexibility index (Phi) is 10.0. The van der Waals surface area contributed by atoms with Gasteiger partial charge >= 0.3 is 5.97 Å². The number of esters is 1. The van der Waals surface area contributed by atoms with E-state index >= 15 is 0 Å². The van der Waals surface area contributed by atoms with Crippen molar-refractivity contribution in [3.63, 3.8) is 0 Å². The standard InChI is InChI=1S/C19H27NO5.C2H6/c1-4-25-18(22)17(9-11-23-3)15-5-7-16(8-6-15)19(20-14(2)21)10-12-24-13-19;1-2/h5-8,17H,4,9-13H2,1-3H3,(H,20,21);1-2H3. The van der Waals surface area contributed by atoms with Crippen molar-refractivity contribution >= 4 is 11.9 Å². The van der Waals surface area contributed by atoms with Crippen molar-refractivity contribution in [3.8, 4) is 0 Å². The van der Waals surface area contributed by atoms with Gasteiger partial charge in [-0.05, 0) is 24.5 Å². The second-order valence-corrected chi connectivity index (χ2v) is 6.27. The second-order valence-electron chi connectivity index (χ2n) is 6.27. The molecule has 1 aromatic rings. The predicted molar refractivity (Wildman–Crippen MR) is 105 cm³/mol. The Balaban J connectivity index is 0.00000176. The van der Waals surface area contributed by atoms with Crippen LogP contribution in [0.1, 0.15) is 57.6 Å². The third-order valence-corrected chi connectivity index (χ3v) is 4.48. The minimum atomic E-state index is -0.490. The lowest BCUT2D eigenvalue weighted by atomic mass is 9.86. The monoisotopic (exact) mass is 379 g/mol. The van der Waals surface area contributed by atoms with Crippen LogP contribution in [-0.2, 0) is 29.3 Å². The van der Waals surface area contributed by atoms with E-state index in [1.54, 1.807) is 14.0 Å². The largest absolute Gasteiger partial charge is 0.466 e. The first-order valence-electron chi connectivity index (χ1n) is 9.65. The second kappa shape index (κ2) is 11.7. The molecule has 2 atom stereocenters. The van der Waals surface area contributed by atoms with Gasteiger partial charge in [0.15, 0.2) is 0 Å². The fourth-order valence-electron chi connectivity index (χ4n) is 3.23. The molecule has 0 radical (unpaired) electrons. The zero-order valence-electron chi connectivity index (χ0n) is 17.2. The average Bonchev–Trinajstić information content (AvgIpc) is 3.13. The summed E-state index contributed by atoms with van der Waals surface area (Å²) in [5, 5.41) is 3.02. The van der Waals surface area contributed by atoms with Gasteiger partial charge in [0.05, 0.1) is 24.7 Å². The van der Waals surface area contributed by atoms with Gasteiger partial charge in [-0.1, -0.05) is 38.1 Å². The van der Waals surface area contributed by atoms with E-state index < -0.39 is 5.54 Å². The molecule has 1 N–H and O–H groups in total. The maximum absolute atomic E-state index is 12.2. The normalized spacial score (nSPS) is 19.6. The van der Waals surface area contributed by atoms with Gasteiger partial charge in [0.1, 0.15) is 0 Å². The molecule has 0 aliphatic carbocycles. The highest BCUT2D eigenvalue weighted by Gasteiger charge is 2.37. The van der Waals surface area contributed by atoms with E-state index in [0.717, 1.165) is 17.5 Å². The molecule has 0 spiro atoms. The third kappa shape index (κ3) is 6.33. The van der Waals surface area contributed by atoms with Crippen molar-refractivity contribution < 1.29 is 23.8 Å². The lowest BCUT2D eigenvalue weighted by Crippen LogP contribution is -2.45. The van der Waals surface area contributed by atoms with Crippen molar-refractivity contribution in [1.82, 2.24) is 5.32 Å². The van der Waals surface area contributed by atoms with Gasteiger partial charge in [0, 0.05) is 33.7 Å². The van der Waals surface area contributed by atoms with Crippen LogP contribution in [0.4, 0.5) is 0 Å². The van der Waals surface area contributed by atoms with Crippen molar-refractivity contribution in [1.29, 1.82) is 0 Å². The van der Waals surface area contributed by atoms with Crippen molar-refractivity contribution in [2.24, 2.45) is 0 Å². The van der Waals surface area contributed by atoms with Crippen molar-refractivity contribution in [2.45, 2.75) is 52.0 Å². The summed E-state index contributed by atoms with van der Waals surface area (Å²) in [6.45, 7) is 9.21. The number of nitrogens with one attached hydrogen (secondary N) is 1. The molecule has 1 aliphatic rings. The van der Waals surface area contributed by atoms with Gasteiger partial charge in [-0.2, -0.15) is 0 Å². The topological polar surface area (TPSA) is 73.9 Å². The zero-order chi connectivity index (χ0) is 20.3. The Hall–Kier alpha value is -1.92. The van der Waals surface area contributed by atoms with Crippen LogP contribution in [0, 0.1) is 0 Å². The zero-order valence-corrected chi connectivity index (χ0v) is 17.2. The molecular weight excluding hydrogens is 346 g/mol. The Labute approximate surface area is 162 Å². The van der Waals surface area contributed by atoms with Gasteiger partial charge < -0.3 is 19.5 Å². The van der Waals surface area contributed by atoms with Gasteiger partial charge in [-0.3, -0.25) is 9.59 Å². The van der Waals surface area contributed by atoms with Gasteiger partial charge in [0.25, 0.3) is 0 Å². The summed E-state index contributed by atoms with van der Waals surface area (Å²) in [5.74, 6) is -0.683. The van der Waals surface area contributed by atoms with Crippen LogP contribution in [0.2, 0.25) is 0 Å². The highest BCUT2D eigenvalue weighted by Crippen LogP contribution is 2.32. The summed E-state index contributed by atoms with van der Waals surface area (Å²) in [6.07, 6.45) is 1.30. The van der Waals surface area contributed by atoms with Crippen LogP contribution in [0.5, 0.6) is 0 Å². The highest BCUT2D eigenvalue weighted by molar-refractivity contribution is 5.78. The van der Waals surface area contributed by atoms with Gasteiger partial charge in [-0.25, -0.2) is 0 Å². The number of carbonyl (C=O) groups excluding carboxylic acids is 2. The van der Waals surface area contributed by atoms with E-state index in [9.17, 15) is 9.59 Å². The molecule has 1 fully saturated rings. The fourth-order valence-corrected chi connectivity index (χ4v) is 3.23. The number of hydrogen-bond donors (Lipinski definition) is 1. The molecule has 152 valence electrons. The predicted octanol–water partition coefficient (Wildman–Crippen LogP) is 3.15. The molecule has 1 saturated heterocycles. The minimum Gasteiger partial charge on any atom is -0.466 e. The SMILES string of the molecule is CC.CCOC(=O)C(CCOC)c1ccc(C2(NC(C)=O)CCOC2)cc1. The maximum atomic E-state index is 12.2. The molecule has 2 rings (SSSR count). The molecule has 6 nitrogen and oxygen atoms in total. The molecular formula is C21H33NO5. The highest BCUT2D eigenvalue weighted by atomic mass is 16.5. The Morgan fingerprint density at radius 3 is 2.41 bits per heavy atom. The van der Waals surface area contributed by atoms with Crippen molar-refractivity contribution in [2.75, 3.05) is 33.5 Å². The summed E-state index contributed by atoms with van der Waals surface area (Å²) < 4.78 is 15.8. The molecule has 1 aromatic carbocycles. The van der Waals surface area contributed by atoms with Crippen LogP contribution in [0.25, 0.3) is 0 Å². The third-order valence-electron chi connectivity index (χ3n) is 4.48. The quantitative estimate of drug-likeness (QED) is 0.703. The number of hydrogen-bond acceptors (Lipinski definition) is 5. The van der Waals surface area contributed by atoms with E-state index in [2.05, 4.69) is 5.32 Å². The van der Waals surface area contributed by atoms with Crippen LogP contribution >= 0.6 is 0 Å². The lowest BCUT2D eigenvalue weighted by molar-refractivity contribution is -0.145. The molecule has 0 aromatic heterocycles. The summed E-state index contributed by atoms with van der Waals surface area (Å²) >= 11 is 0. The minimum absolute atomic E-state index is 0.0842. The number of benzene rings is 1. The molecule has 1 amide bonds. The number of ether oxygens (including phenoxy) is 3. The maximum Gasteiger partial charge on any atom is 0.313 e. The van der Waals surface area contributed by atoms with Crippen molar-refractivity contribution in [3.05, 3.63) is 35.4 Å². The van der Waals surface area contributed by atoms with E-state index in [1.165, 1.54) is 6.92 Å². The number of amides is 1. The molecule has 1 heterocycles. The van der Waals surface area contributed by atoms with E-state index in [4.69, 9.17) is 14.2 Å². The fraction of sp³-hybridized carbons (Fsp3) is 0.619. The van der Waals surface area contributed by atoms with E-state index in [0.29, 0.717) is 32.8 Å². The molecule has 27 heavy (non-hydrogen) atoms. The van der Waals surface area contributed by atoms with Crippen LogP contribution in [0.3, 0.4) is 0 Å². The number of rotatable bonds is 8. The number of methoxy groups -OCH3 is 1. The average molecular weight is 379 g/mol. The van der Waals surface area contributed by atoms with Gasteiger partial charge in [-0.15, -0.1) is 0 Å². The molecule has 0 saturated carbocycles. The summed E-state index contributed by atoms with van der Waals surface area (Å²) in [6, 6.07) is 7.76. The summed E-state index contributed by atoms with van der Waals surface area (Å²) in [5.41, 5.74) is 1.38. The first-order chi connectivity index (χ1) is 13.0. The molecule has 2 unspecified atom stereocenters. The molecule has 6 heteroatoms. The first kappa shape index (κ1) is 23.1. The van der Waals surface area contributed by atoms with Crippen LogP contribution < -0.4 is 5.32 Å². The number of carbonyl (C=O) groups is 2. The molecule has 0 bridgehead atoms. The molecule has 1 aliphatic heterocycles. The summed E-state index contributed by atoms with van der Waals surface area (Å²) in [7, 11) is 1.61. The van der Waals surface area contributed by atoms with Gasteiger partial charge in [0.2, 0.25) is 5.91 Å².